The Morgan fingerprint density at radius 3 is 3.06 bits per heavy atom. The molecule has 0 unspecified atom stereocenters. The second kappa shape index (κ2) is 3.78. The molecule has 1 aromatic heterocycles. The number of fused-ring (bicyclic) bond motifs is 2. The van der Waals surface area contributed by atoms with Gasteiger partial charge >= 0.3 is 0 Å². The molecule has 1 aromatic rings. The van der Waals surface area contributed by atoms with Crippen molar-refractivity contribution < 1.29 is 4.79 Å². The Morgan fingerprint density at radius 1 is 1.41 bits per heavy atom. The van der Waals surface area contributed by atoms with E-state index in [1.165, 1.54) is 11.3 Å². The lowest BCUT2D eigenvalue weighted by Crippen LogP contribution is -2.52. The van der Waals surface area contributed by atoms with Crippen molar-refractivity contribution in [3.05, 3.63) is 16.6 Å². The topological polar surface area (TPSA) is 68.0 Å². The van der Waals surface area contributed by atoms with Gasteiger partial charge in [-0.25, -0.2) is 4.98 Å². The zero-order chi connectivity index (χ0) is 11.9. The molecule has 2 aliphatic carbocycles. The molecule has 0 spiro atoms. The number of nitrogens with two attached hydrogens (primary N) is 1. The van der Waals surface area contributed by atoms with E-state index in [1.807, 2.05) is 5.38 Å². The fraction of sp³-hybridized carbons (Fsp3) is 0.667. The Labute approximate surface area is 105 Å². The van der Waals surface area contributed by atoms with Gasteiger partial charge in [-0.2, -0.15) is 0 Å². The van der Waals surface area contributed by atoms with E-state index in [2.05, 4.69) is 10.3 Å². The van der Waals surface area contributed by atoms with Crippen LogP contribution in [0.4, 0.5) is 0 Å². The maximum absolute atomic E-state index is 12.1. The van der Waals surface area contributed by atoms with E-state index in [1.54, 1.807) is 6.20 Å². The minimum absolute atomic E-state index is 0.0333. The summed E-state index contributed by atoms with van der Waals surface area (Å²) in [6.07, 6.45) is 7.92. The van der Waals surface area contributed by atoms with Gasteiger partial charge in [-0.05, 0) is 38.5 Å². The van der Waals surface area contributed by atoms with Gasteiger partial charge in [-0.3, -0.25) is 4.79 Å². The number of hydrogen-bond donors (Lipinski definition) is 2. The predicted octanol–water partition coefficient (Wildman–Crippen LogP) is 1.68. The van der Waals surface area contributed by atoms with Crippen molar-refractivity contribution in [2.75, 3.05) is 0 Å². The standard InChI is InChI=1S/C12H17N3OS/c13-11-2-1-3-12(8-11,5-4-11)15-9(16)10-14-6-7-17-10/h6-7H,1-5,8,13H2,(H,15,16)/t11-,12+/m0/s1. The number of carbonyl (C=O) groups excluding carboxylic acids is 1. The first-order valence-corrected chi connectivity index (χ1v) is 7.00. The highest BCUT2D eigenvalue weighted by atomic mass is 32.1. The van der Waals surface area contributed by atoms with Crippen molar-refractivity contribution in [1.29, 1.82) is 0 Å². The molecule has 0 aromatic carbocycles. The van der Waals surface area contributed by atoms with Crippen molar-refractivity contribution in [2.45, 2.75) is 49.6 Å². The molecule has 0 saturated heterocycles. The smallest absolute Gasteiger partial charge is 0.280 e. The lowest BCUT2D eigenvalue weighted by molar-refractivity contribution is 0.0876. The summed E-state index contributed by atoms with van der Waals surface area (Å²) in [6, 6.07) is 0. The third-order valence-electron chi connectivity index (χ3n) is 4.13. The van der Waals surface area contributed by atoms with Crippen molar-refractivity contribution in [1.82, 2.24) is 10.3 Å². The Balaban J connectivity index is 1.75. The zero-order valence-electron chi connectivity index (χ0n) is 9.74. The average Bonchev–Trinajstić information content (AvgIpc) is 2.86. The summed E-state index contributed by atoms with van der Waals surface area (Å²) in [4.78, 5) is 16.1. The SMILES string of the molecule is N[C@@]12CCC[C@@](NC(=O)c3nccs3)(CC1)C2. The molecule has 3 N–H and O–H groups in total. The molecule has 0 aliphatic heterocycles. The van der Waals surface area contributed by atoms with Gasteiger partial charge in [0.2, 0.25) is 0 Å². The molecule has 3 rings (SSSR count). The van der Waals surface area contributed by atoms with Crippen LogP contribution in [0, 0.1) is 0 Å². The van der Waals surface area contributed by atoms with E-state index in [4.69, 9.17) is 5.73 Å². The first-order chi connectivity index (χ1) is 8.11. The molecule has 2 saturated carbocycles. The van der Waals surface area contributed by atoms with Crippen LogP contribution in [0.2, 0.25) is 0 Å². The van der Waals surface area contributed by atoms with Crippen LogP contribution in [-0.4, -0.2) is 22.0 Å². The van der Waals surface area contributed by atoms with Crippen LogP contribution in [0.1, 0.15) is 48.3 Å². The number of rotatable bonds is 2. The maximum atomic E-state index is 12.1. The highest BCUT2D eigenvalue weighted by Gasteiger charge is 2.49. The first kappa shape index (κ1) is 11.2. The number of nitrogens with zero attached hydrogens (tertiary/aromatic N) is 1. The number of amides is 1. The number of carbonyl (C=O) groups is 1. The molecule has 1 heterocycles. The normalized spacial score (nSPS) is 35.8. The predicted molar refractivity (Wildman–Crippen MR) is 66.9 cm³/mol. The maximum Gasteiger partial charge on any atom is 0.280 e. The minimum Gasteiger partial charge on any atom is -0.344 e. The minimum atomic E-state index is -0.0598. The van der Waals surface area contributed by atoms with Crippen LogP contribution in [0.5, 0.6) is 0 Å². The van der Waals surface area contributed by atoms with Crippen LogP contribution in [0.25, 0.3) is 0 Å². The average molecular weight is 251 g/mol. The fourth-order valence-corrected chi connectivity index (χ4v) is 3.87. The van der Waals surface area contributed by atoms with Crippen molar-refractivity contribution in [2.24, 2.45) is 5.73 Å². The van der Waals surface area contributed by atoms with Crippen LogP contribution in [-0.2, 0) is 0 Å². The molecule has 2 aliphatic rings. The van der Waals surface area contributed by atoms with E-state index in [0.29, 0.717) is 5.01 Å². The van der Waals surface area contributed by atoms with Gasteiger partial charge in [0.25, 0.3) is 5.91 Å². The first-order valence-electron chi connectivity index (χ1n) is 6.12. The van der Waals surface area contributed by atoms with E-state index >= 15 is 0 Å². The number of aromatic nitrogens is 1. The molecule has 4 nitrogen and oxygen atoms in total. The highest BCUT2D eigenvalue weighted by molar-refractivity contribution is 7.11. The molecule has 92 valence electrons. The summed E-state index contributed by atoms with van der Waals surface area (Å²) in [5.41, 5.74) is 6.22. The Hall–Kier alpha value is -0.940. The molecule has 1 amide bonds. The number of hydrogen-bond acceptors (Lipinski definition) is 4. The van der Waals surface area contributed by atoms with Gasteiger partial charge in [0.05, 0.1) is 0 Å². The van der Waals surface area contributed by atoms with Gasteiger partial charge in [0, 0.05) is 22.7 Å². The Bertz CT molecular complexity index is 433. The third kappa shape index (κ3) is 1.98. The van der Waals surface area contributed by atoms with Gasteiger partial charge < -0.3 is 11.1 Å². The van der Waals surface area contributed by atoms with E-state index in [9.17, 15) is 4.79 Å². The van der Waals surface area contributed by atoms with Crippen LogP contribution < -0.4 is 11.1 Å². The third-order valence-corrected chi connectivity index (χ3v) is 4.90. The van der Waals surface area contributed by atoms with E-state index < -0.39 is 0 Å². The second-order valence-electron chi connectivity index (χ2n) is 5.46. The monoisotopic (exact) mass is 251 g/mol. The van der Waals surface area contributed by atoms with Crippen LogP contribution in [0.15, 0.2) is 11.6 Å². The summed E-state index contributed by atoms with van der Waals surface area (Å²) >= 11 is 1.39. The van der Waals surface area contributed by atoms with Gasteiger partial charge in [0.15, 0.2) is 5.01 Å². The molecule has 5 heteroatoms. The van der Waals surface area contributed by atoms with Crippen LogP contribution in [0.3, 0.4) is 0 Å². The Morgan fingerprint density at radius 2 is 2.29 bits per heavy atom. The lowest BCUT2D eigenvalue weighted by Gasteiger charge is -2.37. The van der Waals surface area contributed by atoms with Crippen molar-refractivity contribution in [3.63, 3.8) is 0 Å². The molecular formula is C12H17N3OS. The summed E-state index contributed by atoms with van der Waals surface area (Å²) in [6.45, 7) is 0. The quantitative estimate of drug-likeness (QED) is 0.840. The molecule has 17 heavy (non-hydrogen) atoms. The largest absolute Gasteiger partial charge is 0.344 e. The van der Waals surface area contributed by atoms with Gasteiger partial charge in [0.1, 0.15) is 0 Å². The van der Waals surface area contributed by atoms with Crippen LogP contribution >= 0.6 is 11.3 Å². The highest BCUT2D eigenvalue weighted by Crippen LogP contribution is 2.46. The van der Waals surface area contributed by atoms with E-state index in [0.717, 1.165) is 38.5 Å². The molecular weight excluding hydrogens is 234 g/mol. The molecule has 2 fully saturated rings. The number of nitrogens with one attached hydrogen (secondary N) is 1. The Kier molecular flexibility index (Phi) is 2.48. The summed E-state index contributed by atoms with van der Waals surface area (Å²) in [5, 5.41) is 5.56. The van der Waals surface area contributed by atoms with Gasteiger partial charge in [-0.15, -0.1) is 11.3 Å². The van der Waals surface area contributed by atoms with E-state index in [-0.39, 0.29) is 17.0 Å². The summed E-state index contributed by atoms with van der Waals surface area (Å²) < 4.78 is 0. The van der Waals surface area contributed by atoms with Crippen molar-refractivity contribution in [3.8, 4) is 0 Å². The molecule has 2 bridgehead atoms. The fourth-order valence-electron chi connectivity index (χ4n) is 3.34. The van der Waals surface area contributed by atoms with Gasteiger partial charge in [-0.1, -0.05) is 0 Å². The molecule has 0 radical (unpaired) electrons. The number of thiazole rings is 1. The lowest BCUT2D eigenvalue weighted by atomic mass is 9.79. The summed E-state index contributed by atoms with van der Waals surface area (Å²) in [7, 11) is 0. The second-order valence-corrected chi connectivity index (χ2v) is 6.36. The van der Waals surface area contributed by atoms with Crippen molar-refractivity contribution >= 4 is 17.2 Å². The zero-order valence-corrected chi connectivity index (χ0v) is 10.6. The molecule has 2 atom stereocenters. The summed E-state index contributed by atoms with van der Waals surface area (Å²) in [5.74, 6) is -0.0360.